The van der Waals surface area contributed by atoms with E-state index in [9.17, 15) is 0 Å². The molecule has 4 N–H and O–H groups in total. The molecule has 2 heterocycles. The minimum absolute atomic E-state index is 0.846. The lowest BCUT2D eigenvalue weighted by Gasteiger charge is -2.28. The van der Waals surface area contributed by atoms with Crippen LogP contribution in [0.4, 0.5) is 0 Å². The van der Waals surface area contributed by atoms with Gasteiger partial charge in [0.2, 0.25) is 0 Å². The quantitative estimate of drug-likeness (QED) is 0.825. The Labute approximate surface area is 112 Å². The molecule has 0 saturated carbocycles. The zero-order chi connectivity index (χ0) is 12.4. The SMILES string of the molecule is [NH3+]CC1CCC[NH+](Cc2csc3ccccc23)C1. The Kier molecular flexibility index (Phi) is 3.64. The van der Waals surface area contributed by atoms with Gasteiger partial charge in [0.1, 0.15) is 6.54 Å². The molecule has 3 heteroatoms. The molecule has 1 aromatic heterocycles. The molecule has 0 amide bonds. The highest BCUT2D eigenvalue weighted by Crippen LogP contribution is 2.25. The summed E-state index contributed by atoms with van der Waals surface area (Å²) >= 11 is 1.88. The van der Waals surface area contributed by atoms with Crippen LogP contribution < -0.4 is 10.6 Å². The Balaban J connectivity index is 1.76. The van der Waals surface area contributed by atoms with Crippen LogP contribution >= 0.6 is 11.3 Å². The van der Waals surface area contributed by atoms with E-state index >= 15 is 0 Å². The molecule has 18 heavy (non-hydrogen) atoms. The number of rotatable bonds is 3. The third-order valence-corrected chi connectivity index (χ3v) is 5.14. The fourth-order valence-corrected chi connectivity index (χ4v) is 4.06. The number of hydrogen-bond acceptors (Lipinski definition) is 1. The molecular formula is C15H22N2S+2. The summed E-state index contributed by atoms with van der Waals surface area (Å²) in [5.74, 6) is 0.846. The fraction of sp³-hybridized carbons (Fsp3) is 0.467. The second kappa shape index (κ2) is 5.39. The molecular weight excluding hydrogens is 240 g/mol. The minimum Gasteiger partial charge on any atom is -0.357 e. The number of quaternary nitrogens is 2. The van der Waals surface area contributed by atoms with Crippen molar-refractivity contribution in [3.63, 3.8) is 0 Å². The van der Waals surface area contributed by atoms with E-state index in [-0.39, 0.29) is 0 Å². The van der Waals surface area contributed by atoms with Gasteiger partial charge in [0.25, 0.3) is 0 Å². The molecule has 96 valence electrons. The van der Waals surface area contributed by atoms with Crippen molar-refractivity contribution in [3.8, 4) is 0 Å². The van der Waals surface area contributed by atoms with Crippen LogP contribution in [0.1, 0.15) is 18.4 Å². The first-order chi connectivity index (χ1) is 8.86. The second-order valence-corrected chi connectivity index (χ2v) is 6.35. The van der Waals surface area contributed by atoms with Crippen LogP contribution in [0.2, 0.25) is 0 Å². The van der Waals surface area contributed by atoms with E-state index in [1.165, 1.54) is 48.1 Å². The Morgan fingerprint density at radius 3 is 3.11 bits per heavy atom. The summed E-state index contributed by atoms with van der Waals surface area (Å²) in [5, 5.41) is 3.82. The molecule has 0 bridgehead atoms. The van der Waals surface area contributed by atoms with Gasteiger partial charge in [-0.15, -0.1) is 11.3 Å². The first kappa shape index (κ1) is 12.2. The smallest absolute Gasteiger partial charge is 0.104 e. The van der Waals surface area contributed by atoms with E-state index in [0.29, 0.717) is 0 Å². The molecule has 1 saturated heterocycles. The molecule has 1 fully saturated rings. The number of benzene rings is 1. The van der Waals surface area contributed by atoms with Crippen LogP contribution in [0.5, 0.6) is 0 Å². The van der Waals surface area contributed by atoms with Crippen molar-refractivity contribution in [3.05, 3.63) is 35.2 Å². The van der Waals surface area contributed by atoms with Crippen molar-refractivity contribution in [1.82, 2.24) is 0 Å². The van der Waals surface area contributed by atoms with Gasteiger partial charge in [0.05, 0.1) is 25.6 Å². The molecule has 3 rings (SSSR count). The van der Waals surface area contributed by atoms with Crippen LogP contribution in [-0.2, 0) is 6.54 Å². The molecule has 1 aromatic carbocycles. The molecule has 2 aromatic rings. The van der Waals surface area contributed by atoms with Gasteiger partial charge in [-0.25, -0.2) is 0 Å². The van der Waals surface area contributed by atoms with Crippen molar-refractivity contribution < 1.29 is 10.6 Å². The van der Waals surface area contributed by atoms with Crippen molar-refractivity contribution in [1.29, 1.82) is 0 Å². The second-order valence-electron chi connectivity index (χ2n) is 5.43. The molecule has 1 aliphatic heterocycles. The summed E-state index contributed by atoms with van der Waals surface area (Å²) in [6.45, 7) is 4.95. The Hall–Kier alpha value is -0.900. The van der Waals surface area contributed by atoms with Gasteiger partial charge in [-0.2, -0.15) is 0 Å². The van der Waals surface area contributed by atoms with Crippen LogP contribution in [0.3, 0.4) is 0 Å². The average Bonchev–Trinajstić information content (AvgIpc) is 2.83. The van der Waals surface area contributed by atoms with Crippen LogP contribution in [0.25, 0.3) is 10.1 Å². The zero-order valence-corrected chi connectivity index (χ0v) is 11.6. The number of piperidine rings is 1. The van der Waals surface area contributed by atoms with Gasteiger partial charge in [-0.3, -0.25) is 0 Å². The van der Waals surface area contributed by atoms with Gasteiger partial charge in [0.15, 0.2) is 0 Å². The van der Waals surface area contributed by atoms with Crippen LogP contribution in [0.15, 0.2) is 29.6 Å². The van der Waals surface area contributed by atoms with Crippen molar-refractivity contribution >= 4 is 21.4 Å². The first-order valence-electron chi connectivity index (χ1n) is 6.94. The summed E-state index contributed by atoms with van der Waals surface area (Å²) in [4.78, 5) is 1.75. The van der Waals surface area contributed by atoms with Gasteiger partial charge in [-0.05, 0) is 18.9 Å². The standard InChI is InChI=1S/C15H20N2S/c16-8-12-4-3-7-17(9-12)10-13-11-18-15-6-2-1-5-14(13)15/h1-2,5-6,11-12H,3-4,7-10,16H2/p+2. The lowest BCUT2D eigenvalue weighted by molar-refractivity contribution is -0.923. The molecule has 2 nitrogen and oxygen atoms in total. The summed E-state index contributed by atoms with van der Waals surface area (Å²) in [7, 11) is 0. The Morgan fingerprint density at radius 2 is 2.22 bits per heavy atom. The number of thiophene rings is 1. The maximum atomic E-state index is 4.08. The number of likely N-dealkylation sites (tertiary alicyclic amines) is 1. The summed E-state index contributed by atoms with van der Waals surface area (Å²) in [6.07, 6.45) is 2.76. The molecule has 0 aliphatic carbocycles. The van der Waals surface area contributed by atoms with E-state index in [2.05, 4.69) is 35.4 Å². The fourth-order valence-electron chi connectivity index (χ4n) is 3.10. The summed E-state index contributed by atoms with van der Waals surface area (Å²) < 4.78 is 1.43. The minimum atomic E-state index is 0.846. The molecule has 0 radical (unpaired) electrons. The average molecular weight is 262 g/mol. The molecule has 2 atom stereocenters. The van der Waals surface area contributed by atoms with E-state index < -0.39 is 0 Å². The van der Waals surface area contributed by atoms with Gasteiger partial charge in [0, 0.05) is 21.0 Å². The van der Waals surface area contributed by atoms with E-state index in [1.807, 2.05) is 11.3 Å². The largest absolute Gasteiger partial charge is 0.357 e. The molecule has 0 spiro atoms. The normalized spacial score (nSPS) is 24.5. The van der Waals surface area contributed by atoms with Gasteiger partial charge >= 0.3 is 0 Å². The molecule has 2 unspecified atom stereocenters. The van der Waals surface area contributed by atoms with Crippen LogP contribution in [-0.4, -0.2) is 19.6 Å². The highest BCUT2D eigenvalue weighted by Gasteiger charge is 2.23. The maximum Gasteiger partial charge on any atom is 0.104 e. The monoisotopic (exact) mass is 262 g/mol. The third kappa shape index (κ3) is 2.44. The first-order valence-corrected chi connectivity index (χ1v) is 7.82. The predicted molar refractivity (Wildman–Crippen MR) is 76.7 cm³/mol. The lowest BCUT2D eigenvalue weighted by Crippen LogP contribution is -3.12. The summed E-state index contributed by atoms with van der Waals surface area (Å²) in [6, 6.07) is 8.79. The van der Waals surface area contributed by atoms with Gasteiger partial charge in [-0.1, -0.05) is 18.2 Å². The Bertz CT molecular complexity index is 520. The highest BCUT2D eigenvalue weighted by molar-refractivity contribution is 7.17. The number of nitrogens with one attached hydrogen (secondary N) is 1. The highest BCUT2D eigenvalue weighted by atomic mass is 32.1. The van der Waals surface area contributed by atoms with Crippen molar-refractivity contribution in [2.24, 2.45) is 5.92 Å². The predicted octanol–water partition coefficient (Wildman–Crippen LogP) is 0.938. The van der Waals surface area contributed by atoms with Crippen molar-refractivity contribution in [2.75, 3.05) is 19.6 Å². The zero-order valence-electron chi connectivity index (χ0n) is 10.8. The number of fused-ring (bicyclic) bond motifs is 1. The van der Waals surface area contributed by atoms with E-state index in [4.69, 9.17) is 0 Å². The van der Waals surface area contributed by atoms with E-state index in [0.717, 1.165) is 12.5 Å². The third-order valence-electron chi connectivity index (χ3n) is 4.13. The topological polar surface area (TPSA) is 32.1 Å². The van der Waals surface area contributed by atoms with E-state index in [1.54, 1.807) is 4.90 Å². The maximum absolute atomic E-state index is 4.08. The molecule has 1 aliphatic rings. The Morgan fingerprint density at radius 1 is 1.33 bits per heavy atom. The van der Waals surface area contributed by atoms with Gasteiger partial charge < -0.3 is 10.6 Å². The summed E-state index contributed by atoms with van der Waals surface area (Å²) in [5.41, 5.74) is 5.62. The van der Waals surface area contributed by atoms with Crippen molar-refractivity contribution in [2.45, 2.75) is 19.4 Å². The lowest BCUT2D eigenvalue weighted by atomic mass is 9.98. The van der Waals surface area contributed by atoms with Crippen LogP contribution in [0, 0.1) is 5.92 Å². The number of hydrogen-bond donors (Lipinski definition) is 2.